The fourth-order valence-corrected chi connectivity index (χ4v) is 3.55. The van der Waals surface area contributed by atoms with Gasteiger partial charge in [0.25, 0.3) is 0 Å². The number of aryl methyl sites for hydroxylation is 1. The molecule has 1 aliphatic heterocycles. The second kappa shape index (κ2) is 8.31. The fraction of sp³-hybridized carbons (Fsp3) is 0.381. The van der Waals surface area contributed by atoms with E-state index in [1.54, 1.807) is 6.20 Å². The highest BCUT2D eigenvalue weighted by molar-refractivity contribution is 5.79. The molecule has 6 nitrogen and oxygen atoms in total. The molecule has 0 radical (unpaired) electrons. The summed E-state index contributed by atoms with van der Waals surface area (Å²) in [5.41, 5.74) is 3.56. The van der Waals surface area contributed by atoms with Gasteiger partial charge in [-0.2, -0.15) is 0 Å². The predicted molar refractivity (Wildman–Crippen MR) is 106 cm³/mol. The number of rotatable bonds is 7. The van der Waals surface area contributed by atoms with Crippen LogP contribution in [0.25, 0.3) is 22.6 Å². The minimum Gasteiger partial charge on any atom is -0.355 e. The summed E-state index contributed by atoms with van der Waals surface area (Å²) < 4.78 is 5.59. The minimum atomic E-state index is 0.647. The Bertz CT molecular complexity index is 871. The van der Waals surface area contributed by atoms with Gasteiger partial charge in [0.15, 0.2) is 5.76 Å². The molecule has 4 rings (SSSR count). The third-order valence-electron chi connectivity index (χ3n) is 4.94. The highest BCUT2D eigenvalue weighted by atomic mass is 16.5. The van der Waals surface area contributed by atoms with E-state index in [9.17, 15) is 0 Å². The van der Waals surface area contributed by atoms with Crippen LogP contribution in [0.15, 0.2) is 47.1 Å². The first-order valence-corrected chi connectivity index (χ1v) is 9.62. The summed E-state index contributed by atoms with van der Waals surface area (Å²) in [4.78, 5) is 11.6. The van der Waals surface area contributed by atoms with Gasteiger partial charge in [0.05, 0.1) is 17.0 Å². The average Bonchev–Trinajstić information content (AvgIpc) is 3.36. The zero-order valence-electron chi connectivity index (χ0n) is 15.7. The molecule has 0 saturated carbocycles. The van der Waals surface area contributed by atoms with Gasteiger partial charge in [-0.3, -0.25) is 0 Å². The summed E-state index contributed by atoms with van der Waals surface area (Å²) in [6.07, 6.45) is 5.54. The van der Waals surface area contributed by atoms with Gasteiger partial charge >= 0.3 is 0 Å². The van der Waals surface area contributed by atoms with Crippen LogP contribution in [0.1, 0.15) is 25.0 Å². The molecule has 3 heterocycles. The van der Waals surface area contributed by atoms with Crippen LogP contribution in [0.5, 0.6) is 0 Å². The fourth-order valence-electron chi connectivity index (χ4n) is 3.55. The van der Waals surface area contributed by atoms with Crippen LogP contribution in [0.3, 0.4) is 0 Å². The summed E-state index contributed by atoms with van der Waals surface area (Å²) in [7, 11) is 0. The Labute approximate surface area is 159 Å². The van der Waals surface area contributed by atoms with Crippen LogP contribution in [0.2, 0.25) is 0 Å². The van der Waals surface area contributed by atoms with Crippen LogP contribution in [-0.4, -0.2) is 46.2 Å². The van der Waals surface area contributed by atoms with E-state index in [2.05, 4.69) is 20.4 Å². The summed E-state index contributed by atoms with van der Waals surface area (Å²) in [5.74, 6) is 1.39. The molecule has 3 aromatic rings. The monoisotopic (exact) mass is 363 g/mol. The average molecular weight is 363 g/mol. The maximum Gasteiger partial charge on any atom is 0.223 e. The standard InChI is InChI=1S/C21H25N5O/c1-16-19(20(27-25-16)17-8-3-2-4-9-17)18-10-12-23-21(24-18)22-11-7-15-26-13-5-6-14-26/h2-4,8-10,12H,5-7,11,13-15H2,1H3,(H,22,23,24). The smallest absolute Gasteiger partial charge is 0.223 e. The van der Waals surface area contributed by atoms with Crippen LogP contribution in [0.4, 0.5) is 5.95 Å². The van der Waals surface area contributed by atoms with Crippen LogP contribution in [-0.2, 0) is 0 Å². The Morgan fingerprint density at radius 2 is 1.93 bits per heavy atom. The van der Waals surface area contributed by atoms with E-state index in [1.165, 1.54) is 25.9 Å². The Hall–Kier alpha value is -2.73. The van der Waals surface area contributed by atoms with Crippen molar-refractivity contribution in [3.63, 3.8) is 0 Å². The van der Waals surface area contributed by atoms with Crippen LogP contribution in [0, 0.1) is 6.92 Å². The van der Waals surface area contributed by atoms with Gasteiger partial charge in [-0.05, 0) is 51.9 Å². The molecule has 1 aromatic carbocycles. The first-order valence-electron chi connectivity index (χ1n) is 9.62. The zero-order valence-corrected chi connectivity index (χ0v) is 15.7. The summed E-state index contributed by atoms with van der Waals surface area (Å²) >= 11 is 0. The zero-order chi connectivity index (χ0) is 18.5. The van der Waals surface area contributed by atoms with Gasteiger partial charge in [0, 0.05) is 18.3 Å². The SMILES string of the molecule is Cc1noc(-c2ccccc2)c1-c1ccnc(NCCCN2CCCC2)n1. The number of likely N-dealkylation sites (tertiary alicyclic amines) is 1. The lowest BCUT2D eigenvalue weighted by Crippen LogP contribution is -2.22. The van der Waals surface area contributed by atoms with Crippen molar-refractivity contribution in [1.82, 2.24) is 20.0 Å². The second-order valence-electron chi connectivity index (χ2n) is 6.93. The molecular weight excluding hydrogens is 338 g/mol. The highest BCUT2D eigenvalue weighted by Crippen LogP contribution is 2.33. The number of anilines is 1. The molecule has 0 amide bonds. The van der Waals surface area contributed by atoms with Crippen molar-refractivity contribution >= 4 is 5.95 Å². The summed E-state index contributed by atoms with van der Waals surface area (Å²) in [5, 5.41) is 7.51. The number of hydrogen-bond donors (Lipinski definition) is 1. The lowest BCUT2D eigenvalue weighted by molar-refractivity contribution is 0.337. The second-order valence-corrected chi connectivity index (χ2v) is 6.93. The maximum absolute atomic E-state index is 5.59. The summed E-state index contributed by atoms with van der Waals surface area (Å²) in [6.45, 7) is 6.42. The van der Waals surface area contributed by atoms with E-state index in [4.69, 9.17) is 9.51 Å². The van der Waals surface area contributed by atoms with Gasteiger partial charge in [0.1, 0.15) is 0 Å². The van der Waals surface area contributed by atoms with Crippen molar-refractivity contribution in [2.75, 3.05) is 31.5 Å². The quantitative estimate of drug-likeness (QED) is 0.640. The molecule has 2 aromatic heterocycles. The van der Waals surface area contributed by atoms with Crippen molar-refractivity contribution in [2.45, 2.75) is 26.2 Å². The molecule has 0 bridgehead atoms. The third-order valence-corrected chi connectivity index (χ3v) is 4.94. The van der Waals surface area contributed by atoms with Crippen molar-refractivity contribution in [1.29, 1.82) is 0 Å². The minimum absolute atomic E-state index is 0.647. The largest absolute Gasteiger partial charge is 0.355 e. The Kier molecular flexibility index (Phi) is 5.44. The third kappa shape index (κ3) is 4.17. The Morgan fingerprint density at radius 3 is 2.74 bits per heavy atom. The molecule has 0 unspecified atom stereocenters. The van der Waals surface area contributed by atoms with Gasteiger partial charge in [0.2, 0.25) is 5.95 Å². The van der Waals surface area contributed by atoms with Crippen molar-refractivity contribution in [2.24, 2.45) is 0 Å². The van der Waals surface area contributed by atoms with E-state index in [-0.39, 0.29) is 0 Å². The molecular formula is C21H25N5O. The summed E-state index contributed by atoms with van der Waals surface area (Å²) in [6, 6.07) is 11.9. The molecule has 0 spiro atoms. The molecule has 0 aliphatic carbocycles. The van der Waals surface area contributed by atoms with Crippen LogP contribution >= 0.6 is 0 Å². The molecule has 1 N–H and O–H groups in total. The van der Waals surface area contributed by atoms with Gasteiger partial charge in [-0.15, -0.1) is 0 Å². The lowest BCUT2D eigenvalue weighted by Gasteiger charge is -2.14. The molecule has 27 heavy (non-hydrogen) atoms. The molecule has 140 valence electrons. The molecule has 6 heteroatoms. The van der Waals surface area contributed by atoms with E-state index in [1.807, 2.05) is 43.3 Å². The molecule has 1 saturated heterocycles. The number of benzene rings is 1. The normalized spacial score (nSPS) is 14.6. The van der Waals surface area contributed by atoms with Crippen molar-refractivity contribution in [3.05, 3.63) is 48.3 Å². The van der Waals surface area contributed by atoms with Crippen molar-refractivity contribution in [3.8, 4) is 22.6 Å². The first-order chi connectivity index (χ1) is 13.3. The topological polar surface area (TPSA) is 67.1 Å². The predicted octanol–water partition coefficient (Wildman–Crippen LogP) is 4.00. The first kappa shape index (κ1) is 17.7. The van der Waals surface area contributed by atoms with E-state index < -0.39 is 0 Å². The Balaban J connectivity index is 1.47. The lowest BCUT2D eigenvalue weighted by atomic mass is 10.0. The van der Waals surface area contributed by atoms with E-state index >= 15 is 0 Å². The number of nitrogens with one attached hydrogen (secondary N) is 1. The maximum atomic E-state index is 5.59. The highest BCUT2D eigenvalue weighted by Gasteiger charge is 2.18. The van der Waals surface area contributed by atoms with Crippen molar-refractivity contribution < 1.29 is 4.52 Å². The number of nitrogens with zero attached hydrogens (tertiary/aromatic N) is 4. The Morgan fingerprint density at radius 1 is 1.11 bits per heavy atom. The molecule has 1 fully saturated rings. The number of aromatic nitrogens is 3. The van der Waals surface area contributed by atoms with Gasteiger partial charge < -0.3 is 14.7 Å². The van der Waals surface area contributed by atoms with Gasteiger partial charge in [-0.25, -0.2) is 9.97 Å². The van der Waals surface area contributed by atoms with E-state index in [0.717, 1.165) is 47.8 Å². The molecule has 1 aliphatic rings. The molecule has 0 atom stereocenters. The van der Waals surface area contributed by atoms with E-state index in [0.29, 0.717) is 5.95 Å². The van der Waals surface area contributed by atoms with Crippen LogP contribution < -0.4 is 5.32 Å². The van der Waals surface area contributed by atoms with Gasteiger partial charge in [-0.1, -0.05) is 35.5 Å². The number of hydrogen-bond acceptors (Lipinski definition) is 6.